The van der Waals surface area contributed by atoms with Gasteiger partial charge < -0.3 is 5.32 Å². The summed E-state index contributed by atoms with van der Waals surface area (Å²) in [5.41, 5.74) is 1.59. The van der Waals surface area contributed by atoms with Gasteiger partial charge in [0.2, 0.25) is 10.0 Å². The summed E-state index contributed by atoms with van der Waals surface area (Å²) in [7, 11) is -3.23. The average molecular weight is 365 g/mol. The van der Waals surface area contributed by atoms with E-state index in [0.717, 1.165) is 6.42 Å². The number of carbonyl (C=O) groups is 1. The first-order valence-corrected chi connectivity index (χ1v) is 9.62. The summed E-state index contributed by atoms with van der Waals surface area (Å²) >= 11 is 6.01. The van der Waals surface area contributed by atoms with Crippen LogP contribution in [0, 0.1) is 0 Å². The molecule has 0 atom stereocenters. The molecule has 1 N–H and O–H groups in total. The lowest BCUT2D eigenvalue weighted by Crippen LogP contribution is -2.37. The summed E-state index contributed by atoms with van der Waals surface area (Å²) in [5.74, 6) is -0.128. The Morgan fingerprint density at radius 3 is 2.42 bits per heavy atom. The van der Waals surface area contributed by atoms with Crippen LogP contribution in [0.15, 0.2) is 48.5 Å². The van der Waals surface area contributed by atoms with E-state index in [-0.39, 0.29) is 11.7 Å². The molecule has 0 unspecified atom stereocenters. The van der Waals surface area contributed by atoms with Crippen molar-refractivity contribution >= 4 is 38.9 Å². The van der Waals surface area contributed by atoms with Crippen molar-refractivity contribution in [3.63, 3.8) is 0 Å². The number of amides is 1. The van der Waals surface area contributed by atoms with E-state index in [1.54, 1.807) is 48.5 Å². The minimum atomic E-state index is -3.23. The quantitative estimate of drug-likeness (QED) is 0.906. The molecule has 24 heavy (non-hydrogen) atoms. The second kappa shape index (κ2) is 6.83. The van der Waals surface area contributed by atoms with Crippen LogP contribution in [-0.2, 0) is 10.0 Å². The number of carbonyl (C=O) groups excluding carboxylic acids is 1. The fourth-order valence-electron chi connectivity index (χ4n) is 2.63. The monoisotopic (exact) mass is 364 g/mol. The summed E-state index contributed by atoms with van der Waals surface area (Å²) in [6, 6.07) is 13.6. The van der Waals surface area contributed by atoms with Crippen molar-refractivity contribution in [1.82, 2.24) is 0 Å². The van der Waals surface area contributed by atoms with Crippen LogP contribution in [0.5, 0.6) is 0 Å². The van der Waals surface area contributed by atoms with E-state index < -0.39 is 10.0 Å². The van der Waals surface area contributed by atoms with Gasteiger partial charge in [-0.05, 0) is 49.2 Å². The second-order valence-corrected chi connectivity index (χ2v) is 8.00. The van der Waals surface area contributed by atoms with Gasteiger partial charge in [0, 0.05) is 12.2 Å². The number of benzene rings is 2. The number of hydrogen-bond donors (Lipinski definition) is 1. The normalized spacial score (nSPS) is 16.6. The largest absolute Gasteiger partial charge is 0.322 e. The lowest BCUT2D eigenvalue weighted by Gasteiger charge is -2.28. The molecule has 2 aromatic carbocycles. The smallest absolute Gasteiger partial charge is 0.257 e. The number of nitrogens with zero attached hydrogens (tertiary/aromatic N) is 1. The van der Waals surface area contributed by atoms with E-state index in [4.69, 9.17) is 11.6 Å². The van der Waals surface area contributed by atoms with Crippen molar-refractivity contribution in [2.24, 2.45) is 0 Å². The van der Waals surface area contributed by atoms with Crippen molar-refractivity contribution < 1.29 is 13.2 Å². The molecular formula is C17H17ClN2O3S. The summed E-state index contributed by atoms with van der Waals surface area (Å²) in [4.78, 5) is 12.2. The molecule has 1 amide bonds. The lowest BCUT2D eigenvalue weighted by atomic mass is 10.2. The third-order valence-electron chi connectivity index (χ3n) is 3.88. The molecule has 1 aliphatic heterocycles. The lowest BCUT2D eigenvalue weighted by molar-refractivity contribution is 0.102. The van der Waals surface area contributed by atoms with Crippen molar-refractivity contribution in [3.8, 4) is 0 Å². The number of rotatable bonds is 3. The molecule has 1 saturated heterocycles. The van der Waals surface area contributed by atoms with Gasteiger partial charge in [0.1, 0.15) is 0 Å². The summed E-state index contributed by atoms with van der Waals surface area (Å²) < 4.78 is 25.6. The maximum atomic E-state index is 12.2. The molecule has 1 fully saturated rings. The van der Waals surface area contributed by atoms with Crippen molar-refractivity contribution in [3.05, 3.63) is 59.1 Å². The van der Waals surface area contributed by atoms with Crippen LogP contribution < -0.4 is 9.62 Å². The molecular weight excluding hydrogens is 348 g/mol. The predicted octanol–water partition coefficient (Wildman–Crippen LogP) is 3.52. The van der Waals surface area contributed by atoms with Crippen LogP contribution in [0.2, 0.25) is 5.02 Å². The summed E-state index contributed by atoms with van der Waals surface area (Å²) in [6.45, 7) is 0.494. The fraction of sp³-hybridized carbons (Fsp3) is 0.235. The maximum absolute atomic E-state index is 12.2. The molecule has 7 heteroatoms. The molecule has 0 bridgehead atoms. The number of sulfonamides is 1. The Balaban J connectivity index is 1.75. The van der Waals surface area contributed by atoms with Gasteiger partial charge in [-0.1, -0.05) is 23.7 Å². The van der Waals surface area contributed by atoms with Crippen molar-refractivity contribution in [2.45, 2.75) is 12.8 Å². The molecule has 3 rings (SSSR count). The highest BCUT2D eigenvalue weighted by Gasteiger charge is 2.25. The molecule has 0 radical (unpaired) electrons. The number of nitrogens with one attached hydrogen (secondary N) is 1. The predicted molar refractivity (Wildman–Crippen MR) is 96.2 cm³/mol. The van der Waals surface area contributed by atoms with Crippen LogP contribution >= 0.6 is 11.6 Å². The molecule has 0 spiro atoms. The highest BCUT2D eigenvalue weighted by atomic mass is 35.5. The molecule has 0 aromatic heterocycles. The number of anilines is 2. The van der Waals surface area contributed by atoms with Crippen LogP contribution in [0.1, 0.15) is 23.2 Å². The van der Waals surface area contributed by atoms with Crippen molar-refractivity contribution in [2.75, 3.05) is 21.9 Å². The van der Waals surface area contributed by atoms with E-state index in [1.165, 1.54) is 4.31 Å². The van der Waals surface area contributed by atoms with Crippen LogP contribution in [0.25, 0.3) is 0 Å². The highest BCUT2D eigenvalue weighted by Crippen LogP contribution is 2.25. The Morgan fingerprint density at radius 1 is 1.04 bits per heavy atom. The summed E-state index contributed by atoms with van der Waals surface area (Å²) in [6.07, 6.45) is 1.55. The first-order valence-electron chi connectivity index (χ1n) is 7.64. The third kappa shape index (κ3) is 3.55. The molecule has 5 nitrogen and oxygen atoms in total. The highest BCUT2D eigenvalue weighted by molar-refractivity contribution is 7.92. The molecule has 0 saturated carbocycles. The van der Waals surface area contributed by atoms with E-state index in [2.05, 4.69) is 5.32 Å². The zero-order valence-corrected chi connectivity index (χ0v) is 14.5. The standard InChI is InChI=1S/C17H17ClN2O3S/c18-16-6-2-1-5-15(16)17(21)19-13-7-9-14(10-8-13)20-11-3-4-12-24(20,22)23/h1-2,5-10H,3-4,11-12H2,(H,19,21). The topological polar surface area (TPSA) is 66.5 Å². The van der Waals surface area contributed by atoms with Gasteiger partial charge in [-0.15, -0.1) is 0 Å². The van der Waals surface area contributed by atoms with Crippen LogP contribution in [0.3, 0.4) is 0 Å². The van der Waals surface area contributed by atoms with Gasteiger partial charge in [-0.25, -0.2) is 8.42 Å². The van der Waals surface area contributed by atoms with Gasteiger partial charge in [-0.3, -0.25) is 9.10 Å². The molecule has 2 aromatic rings. The van der Waals surface area contributed by atoms with Gasteiger partial charge in [0.15, 0.2) is 0 Å². The van der Waals surface area contributed by atoms with Gasteiger partial charge >= 0.3 is 0 Å². The Hall–Kier alpha value is -2.05. The van der Waals surface area contributed by atoms with Crippen LogP contribution in [0.4, 0.5) is 11.4 Å². The van der Waals surface area contributed by atoms with E-state index >= 15 is 0 Å². The zero-order chi connectivity index (χ0) is 17.2. The minimum Gasteiger partial charge on any atom is -0.322 e. The zero-order valence-electron chi connectivity index (χ0n) is 12.9. The van der Waals surface area contributed by atoms with Gasteiger partial charge in [0.25, 0.3) is 5.91 Å². The van der Waals surface area contributed by atoms with E-state index in [9.17, 15) is 13.2 Å². The first-order chi connectivity index (χ1) is 11.5. The third-order valence-corrected chi connectivity index (χ3v) is 6.08. The second-order valence-electron chi connectivity index (χ2n) is 5.58. The number of hydrogen-bond acceptors (Lipinski definition) is 3. The molecule has 126 valence electrons. The maximum Gasteiger partial charge on any atom is 0.257 e. The number of halogens is 1. The molecule has 1 aliphatic rings. The van der Waals surface area contributed by atoms with E-state index in [1.807, 2.05) is 0 Å². The summed E-state index contributed by atoms with van der Waals surface area (Å²) in [5, 5.41) is 3.14. The first kappa shape index (κ1) is 16.8. The Labute approximate surface area is 146 Å². The van der Waals surface area contributed by atoms with Gasteiger partial charge in [-0.2, -0.15) is 0 Å². The SMILES string of the molecule is O=C(Nc1ccc(N2CCCCS2(=O)=O)cc1)c1ccccc1Cl. The van der Waals surface area contributed by atoms with Gasteiger partial charge in [0.05, 0.1) is 22.0 Å². The van der Waals surface area contributed by atoms with E-state index in [0.29, 0.717) is 34.9 Å². The Kier molecular flexibility index (Phi) is 4.78. The minimum absolute atomic E-state index is 0.179. The Bertz CT molecular complexity index is 850. The van der Waals surface area contributed by atoms with Crippen LogP contribution in [-0.4, -0.2) is 26.6 Å². The molecule has 0 aliphatic carbocycles. The fourth-order valence-corrected chi connectivity index (χ4v) is 4.49. The average Bonchev–Trinajstić information content (AvgIpc) is 2.56. The Morgan fingerprint density at radius 2 is 1.75 bits per heavy atom. The van der Waals surface area contributed by atoms with Crippen molar-refractivity contribution in [1.29, 1.82) is 0 Å². The molecule has 1 heterocycles.